The highest BCUT2D eigenvalue weighted by Gasteiger charge is 2.06. The molecule has 0 bridgehead atoms. The molecular formula is C19H14O3. The lowest BCUT2D eigenvalue weighted by Gasteiger charge is -2.08. The summed E-state index contributed by atoms with van der Waals surface area (Å²) in [6.45, 7) is 0. The van der Waals surface area contributed by atoms with E-state index in [1.165, 1.54) is 0 Å². The van der Waals surface area contributed by atoms with E-state index in [1.807, 2.05) is 18.2 Å². The maximum atomic E-state index is 11.2. The van der Waals surface area contributed by atoms with Crippen LogP contribution >= 0.6 is 0 Å². The average molecular weight is 290 g/mol. The van der Waals surface area contributed by atoms with E-state index < -0.39 is 0 Å². The molecule has 3 aromatic rings. The molecule has 0 spiro atoms. The summed E-state index contributed by atoms with van der Waals surface area (Å²) in [4.78, 5) is 11.2. The molecule has 0 saturated carbocycles. The molecule has 3 aromatic carbocycles. The van der Waals surface area contributed by atoms with Crippen LogP contribution in [0.4, 0.5) is 0 Å². The third-order valence-corrected chi connectivity index (χ3v) is 3.49. The Balaban J connectivity index is 2.12. The largest absolute Gasteiger partial charge is 0.508 e. The second kappa shape index (κ2) is 5.74. The summed E-state index contributed by atoms with van der Waals surface area (Å²) < 4.78 is 0. The topological polar surface area (TPSA) is 57.5 Å². The normalized spacial score (nSPS) is 10.4. The predicted octanol–water partition coefficient (Wildman–Crippen LogP) is 4.24. The highest BCUT2D eigenvalue weighted by Crippen LogP contribution is 2.29. The minimum absolute atomic E-state index is 0.203. The van der Waals surface area contributed by atoms with Gasteiger partial charge in [-0.25, -0.2) is 0 Å². The third-order valence-electron chi connectivity index (χ3n) is 3.49. The summed E-state index contributed by atoms with van der Waals surface area (Å²) in [5.41, 5.74) is 4.21. The van der Waals surface area contributed by atoms with E-state index >= 15 is 0 Å². The summed E-state index contributed by atoms with van der Waals surface area (Å²) >= 11 is 0. The molecule has 3 heteroatoms. The fraction of sp³-hybridized carbons (Fsp3) is 0. The fourth-order valence-electron chi connectivity index (χ4n) is 2.36. The Labute approximate surface area is 128 Å². The molecule has 0 aromatic heterocycles. The zero-order valence-electron chi connectivity index (χ0n) is 11.7. The first-order chi connectivity index (χ1) is 10.7. The van der Waals surface area contributed by atoms with Crippen molar-refractivity contribution in [2.75, 3.05) is 0 Å². The van der Waals surface area contributed by atoms with Gasteiger partial charge in [-0.15, -0.1) is 0 Å². The molecule has 108 valence electrons. The Hall–Kier alpha value is -3.07. The quantitative estimate of drug-likeness (QED) is 0.709. The molecule has 0 fully saturated rings. The molecule has 0 radical (unpaired) electrons. The second-order valence-electron chi connectivity index (χ2n) is 5.06. The van der Waals surface area contributed by atoms with Gasteiger partial charge in [0, 0.05) is 5.56 Å². The maximum Gasteiger partial charge on any atom is 0.150 e. The van der Waals surface area contributed by atoms with Gasteiger partial charge < -0.3 is 10.2 Å². The lowest BCUT2D eigenvalue weighted by molar-refractivity contribution is 0.112. The van der Waals surface area contributed by atoms with E-state index in [4.69, 9.17) is 0 Å². The number of phenols is 2. The van der Waals surface area contributed by atoms with Crippen LogP contribution in [-0.2, 0) is 0 Å². The number of carbonyl (C=O) groups is 1. The van der Waals surface area contributed by atoms with E-state index in [2.05, 4.69) is 0 Å². The molecule has 0 aliphatic carbocycles. The summed E-state index contributed by atoms with van der Waals surface area (Å²) in [5.74, 6) is 0.406. The van der Waals surface area contributed by atoms with Gasteiger partial charge in [-0.05, 0) is 64.7 Å². The predicted molar refractivity (Wildman–Crippen MR) is 86.0 cm³/mol. The van der Waals surface area contributed by atoms with Gasteiger partial charge in [-0.2, -0.15) is 0 Å². The van der Waals surface area contributed by atoms with Crippen LogP contribution in [0.2, 0.25) is 0 Å². The zero-order valence-corrected chi connectivity index (χ0v) is 11.7. The monoisotopic (exact) mass is 290 g/mol. The number of aldehydes is 1. The minimum Gasteiger partial charge on any atom is -0.508 e. The van der Waals surface area contributed by atoms with E-state index in [0.29, 0.717) is 5.56 Å². The second-order valence-corrected chi connectivity index (χ2v) is 5.06. The van der Waals surface area contributed by atoms with E-state index in [0.717, 1.165) is 28.5 Å². The minimum atomic E-state index is 0.203. The van der Waals surface area contributed by atoms with Gasteiger partial charge in [0.1, 0.15) is 17.8 Å². The Kier molecular flexibility index (Phi) is 3.62. The number of phenolic OH excluding ortho intramolecular Hbond substituents is 2. The smallest absolute Gasteiger partial charge is 0.150 e. The molecular weight excluding hydrogens is 276 g/mol. The van der Waals surface area contributed by atoms with Gasteiger partial charge >= 0.3 is 0 Å². The van der Waals surface area contributed by atoms with Gasteiger partial charge in [0.2, 0.25) is 0 Å². The summed E-state index contributed by atoms with van der Waals surface area (Å²) in [7, 11) is 0. The lowest BCUT2D eigenvalue weighted by atomic mass is 9.96. The van der Waals surface area contributed by atoms with Crippen LogP contribution in [0.5, 0.6) is 11.5 Å². The van der Waals surface area contributed by atoms with Gasteiger partial charge in [0.15, 0.2) is 0 Å². The standard InChI is InChI=1S/C19H14O3/c20-12-13-9-16(14-1-5-18(21)6-2-14)11-17(10-13)15-3-7-19(22)8-4-15/h1-12,21-22H. The fourth-order valence-corrected chi connectivity index (χ4v) is 2.36. The molecule has 0 aliphatic heterocycles. The van der Waals surface area contributed by atoms with Crippen molar-refractivity contribution in [3.05, 3.63) is 72.3 Å². The van der Waals surface area contributed by atoms with Crippen molar-refractivity contribution in [2.24, 2.45) is 0 Å². The van der Waals surface area contributed by atoms with Crippen molar-refractivity contribution in [3.63, 3.8) is 0 Å². The van der Waals surface area contributed by atoms with Crippen molar-refractivity contribution in [1.82, 2.24) is 0 Å². The van der Waals surface area contributed by atoms with Gasteiger partial charge in [0.25, 0.3) is 0 Å². The van der Waals surface area contributed by atoms with Crippen molar-refractivity contribution >= 4 is 6.29 Å². The number of benzene rings is 3. The number of rotatable bonds is 3. The molecule has 3 rings (SSSR count). The van der Waals surface area contributed by atoms with Crippen molar-refractivity contribution in [3.8, 4) is 33.8 Å². The van der Waals surface area contributed by atoms with Crippen LogP contribution in [0.3, 0.4) is 0 Å². The van der Waals surface area contributed by atoms with Crippen LogP contribution in [0.15, 0.2) is 66.7 Å². The van der Waals surface area contributed by atoms with Crippen LogP contribution in [0.1, 0.15) is 10.4 Å². The van der Waals surface area contributed by atoms with E-state index in [9.17, 15) is 15.0 Å². The van der Waals surface area contributed by atoms with Crippen LogP contribution in [0.25, 0.3) is 22.3 Å². The van der Waals surface area contributed by atoms with Gasteiger partial charge in [-0.1, -0.05) is 24.3 Å². The molecule has 0 heterocycles. The van der Waals surface area contributed by atoms with Crippen LogP contribution in [0, 0.1) is 0 Å². The molecule has 2 N–H and O–H groups in total. The zero-order chi connectivity index (χ0) is 15.5. The molecule has 0 atom stereocenters. The molecule has 22 heavy (non-hydrogen) atoms. The molecule has 0 amide bonds. The number of aromatic hydroxyl groups is 2. The molecule has 0 saturated heterocycles. The first-order valence-electron chi connectivity index (χ1n) is 6.85. The Morgan fingerprint density at radius 1 is 0.591 bits per heavy atom. The van der Waals surface area contributed by atoms with Crippen molar-refractivity contribution in [1.29, 1.82) is 0 Å². The highest BCUT2D eigenvalue weighted by molar-refractivity contribution is 5.84. The SMILES string of the molecule is O=Cc1cc(-c2ccc(O)cc2)cc(-c2ccc(O)cc2)c1. The van der Waals surface area contributed by atoms with Crippen LogP contribution < -0.4 is 0 Å². The Bertz CT molecular complexity index is 739. The van der Waals surface area contributed by atoms with Crippen molar-refractivity contribution in [2.45, 2.75) is 0 Å². The summed E-state index contributed by atoms with van der Waals surface area (Å²) in [6.07, 6.45) is 0.813. The maximum absolute atomic E-state index is 11.2. The van der Waals surface area contributed by atoms with Crippen molar-refractivity contribution < 1.29 is 15.0 Å². The molecule has 0 aliphatic rings. The van der Waals surface area contributed by atoms with Gasteiger partial charge in [0.05, 0.1) is 0 Å². The first-order valence-corrected chi connectivity index (χ1v) is 6.85. The van der Waals surface area contributed by atoms with E-state index in [-0.39, 0.29) is 11.5 Å². The number of carbonyl (C=O) groups excluding carboxylic acids is 1. The average Bonchev–Trinajstić information content (AvgIpc) is 2.55. The first kappa shape index (κ1) is 13.9. The Morgan fingerprint density at radius 2 is 1.00 bits per heavy atom. The van der Waals surface area contributed by atoms with Gasteiger partial charge in [-0.3, -0.25) is 4.79 Å². The van der Waals surface area contributed by atoms with Crippen LogP contribution in [-0.4, -0.2) is 16.5 Å². The number of hydrogen-bond donors (Lipinski definition) is 2. The lowest BCUT2D eigenvalue weighted by Crippen LogP contribution is -1.87. The summed E-state index contributed by atoms with van der Waals surface area (Å²) in [6, 6.07) is 19.3. The highest BCUT2D eigenvalue weighted by atomic mass is 16.3. The third kappa shape index (κ3) is 2.83. The Morgan fingerprint density at radius 3 is 1.36 bits per heavy atom. The number of hydrogen-bond acceptors (Lipinski definition) is 3. The van der Waals surface area contributed by atoms with E-state index in [1.54, 1.807) is 48.5 Å². The molecule has 3 nitrogen and oxygen atoms in total. The molecule has 0 unspecified atom stereocenters. The summed E-state index contributed by atoms with van der Waals surface area (Å²) in [5, 5.41) is 18.8.